The van der Waals surface area contributed by atoms with Gasteiger partial charge < -0.3 is 5.32 Å². The first kappa shape index (κ1) is 20.5. The summed E-state index contributed by atoms with van der Waals surface area (Å²) in [4.78, 5) is 20.6. The third kappa shape index (κ3) is 3.84. The van der Waals surface area contributed by atoms with Crippen LogP contribution in [-0.2, 0) is 0 Å². The van der Waals surface area contributed by atoms with E-state index in [2.05, 4.69) is 55.1 Å². The largest absolute Gasteiger partial charge is 0.350 e. The predicted octanol–water partition coefficient (Wildman–Crippen LogP) is 4.20. The molecule has 2 aromatic heterocycles. The molecule has 1 amide bonds. The van der Waals surface area contributed by atoms with Crippen molar-refractivity contribution in [2.24, 2.45) is 0 Å². The average molecular weight is 406 g/mol. The number of benzene rings is 1. The number of amides is 1. The number of nitrogens with zero attached hydrogens (tertiary/aromatic N) is 4. The first-order valence-corrected chi connectivity index (χ1v) is 11.0. The van der Waals surface area contributed by atoms with Gasteiger partial charge in [-0.15, -0.1) is 0 Å². The van der Waals surface area contributed by atoms with E-state index in [9.17, 15) is 4.79 Å². The Balaban J connectivity index is 1.72. The summed E-state index contributed by atoms with van der Waals surface area (Å²) in [6, 6.07) is 10.6. The molecule has 1 aliphatic rings. The van der Waals surface area contributed by atoms with E-state index in [-0.39, 0.29) is 11.9 Å². The highest BCUT2D eigenvalue weighted by molar-refractivity contribution is 6.06. The number of fused-ring (bicyclic) bond motifs is 1. The monoisotopic (exact) mass is 405 g/mol. The van der Waals surface area contributed by atoms with Crippen molar-refractivity contribution >= 4 is 16.9 Å². The Morgan fingerprint density at radius 3 is 2.83 bits per heavy atom. The van der Waals surface area contributed by atoms with Gasteiger partial charge in [0.2, 0.25) is 0 Å². The minimum atomic E-state index is -0.0523. The third-order valence-electron chi connectivity index (χ3n) is 6.13. The zero-order chi connectivity index (χ0) is 21.3. The summed E-state index contributed by atoms with van der Waals surface area (Å²) >= 11 is 0. The lowest BCUT2D eigenvalue weighted by Gasteiger charge is -2.23. The van der Waals surface area contributed by atoms with Crippen molar-refractivity contribution in [2.75, 3.05) is 19.6 Å². The van der Waals surface area contributed by atoms with Gasteiger partial charge in [0, 0.05) is 24.2 Å². The van der Waals surface area contributed by atoms with E-state index < -0.39 is 0 Å². The maximum atomic E-state index is 13.3. The number of pyridine rings is 1. The Kier molecular flexibility index (Phi) is 5.86. The minimum Gasteiger partial charge on any atom is -0.350 e. The second-order valence-electron chi connectivity index (χ2n) is 8.42. The fraction of sp³-hybridized carbons (Fsp3) is 0.458. The van der Waals surface area contributed by atoms with Crippen LogP contribution < -0.4 is 5.32 Å². The van der Waals surface area contributed by atoms with Crippen LogP contribution in [0.5, 0.6) is 0 Å². The number of nitrogens with one attached hydrogen (secondary N) is 1. The number of hydrogen-bond acceptors (Lipinski definition) is 4. The van der Waals surface area contributed by atoms with Crippen molar-refractivity contribution in [3.05, 3.63) is 47.7 Å². The molecule has 0 aliphatic carbocycles. The van der Waals surface area contributed by atoms with Gasteiger partial charge in [0.05, 0.1) is 22.8 Å². The molecule has 6 nitrogen and oxygen atoms in total. The smallest absolute Gasteiger partial charge is 0.252 e. The van der Waals surface area contributed by atoms with Crippen LogP contribution in [0, 0.1) is 6.92 Å². The summed E-state index contributed by atoms with van der Waals surface area (Å²) in [5, 5.41) is 8.51. The number of likely N-dealkylation sites (tertiary alicyclic amines) is 1. The Bertz CT molecular complexity index is 1050. The number of rotatable bonds is 6. The molecular weight excluding hydrogens is 374 g/mol. The SMILES string of the molecule is CCN1CCCC1CNC(=O)c1cc(-c2ccccc2C)nc2c1cnn2C(C)C. The van der Waals surface area contributed by atoms with Gasteiger partial charge in [-0.2, -0.15) is 5.10 Å². The molecule has 0 bridgehead atoms. The zero-order valence-electron chi connectivity index (χ0n) is 18.4. The molecule has 3 aromatic rings. The van der Waals surface area contributed by atoms with Crippen molar-refractivity contribution in [3.8, 4) is 11.3 Å². The van der Waals surface area contributed by atoms with Crippen LogP contribution in [0.1, 0.15) is 55.6 Å². The molecule has 6 heteroatoms. The Morgan fingerprint density at radius 2 is 2.10 bits per heavy atom. The summed E-state index contributed by atoms with van der Waals surface area (Å²) in [6.07, 6.45) is 4.11. The lowest BCUT2D eigenvalue weighted by atomic mass is 10.0. The van der Waals surface area contributed by atoms with Gasteiger partial charge in [-0.1, -0.05) is 31.2 Å². The van der Waals surface area contributed by atoms with E-state index >= 15 is 0 Å². The molecule has 0 radical (unpaired) electrons. The molecule has 30 heavy (non-hydrogen) atoms. The van der Waals surface area contributed by atoms with Crippen LogP contribution in [0.3, 0.4) is 0 Å². The van der Waals surface area contributed by atoms with Gasteiger partial charge in [0.25, 0.3) is 5.91 Å². The van der Waals surface area contributed by atoms with Crippen molar-refractivity contribution in [1.82, 2.24) is 25.0 Å². The van der Waals surface area contributed by atoms with Crippen LogP contribution in [0.25, 0.3) is 22.3 Å². The van der Waals surface area contributed by atoms with Crippen molar-refractivity contribution < 1.29 is 4.79 Å². The molecule has 1 fully saturated rings. The number of aromatic nitrogens is 3. The van der Waals surface area contributed by atoms with E-state index in [1.807, 2.05) is 22.9 Å². The summed E-state index contributed by atoms with van der Waals surface area (Å²) in [5.74, 6) is -0.0523. The topological polar surface area (TPSA) is 63.1 Å². The average Bonchev–Trinajstić information content (AvgIpc) is 3.38. The van der Waals surface area contributed by atoms with E-state index in [1.54, 1.807) is 6.20 Å². The molecule has 3 heterocycles. The number of carbonyl (C=O) groups is 1. The highest BCUT2D eigenvalue weighted by Gasteiger charge is 2.24. The van der Waals surface area contributed by atoms with Crippen molar-refractivity contribution in [3.63, 3.8) is 0 Å². The van der Waals surface area contributed by atoms with E-state index in [0.717, 1.165) is 47.4 Å². The van der Waals surface area contributed by atoms with Gasteiger partial charge in [-0.25, -0.2) is 9.67 Å². The molecule has 0 saturated carbocycles. The third-order valence-corrected chi connectivity index (χ3v) is 6.13. The van der Waals surface area contributed by atoms with E-state index in [1.165, 1.54) is 6.42 Å². The molecular formula is C24H31N5O. The molecule has 1 unspecified atom stereocenters. The Morgan fingerprint density at radius 1 is 1.30 bits per heavy atom. The number of aryl methyl sites for hydroxylation is 1. The van der Waals surface area contributed by atoms with E-state index in [0.29, 0.717) is 18.2 Å². The molecule has 0 spiro atoms. The normalized spacial score (nSPS) is 17.2. The first-order chi connectivity index (χ1) is 14.5. The van der Waals surface area contributed by atoms with Crippen molar-refractivity contribution in [1.29, 1.82) is 0 Å². The molecule has 158 valence electrons. The van der Waals surface area contributed by atoms with Crippen molar-refractivity contribution in [2.45, 2.75) is 52.6 Å². The number of carbonyl (C=O) groups excluding carboxylic acids is 1. The second-order valence-corrected chi connectivity index (χ2v) is 8.42. The van der Waals surface area contributed by atoms with Crippen LogP contribution >= 0.6 is 0 Å². The molecule has 1 aliphatic heterocycles. The van der Waals surface area contributed by atoms with Crippen LogP contribution in [0.4, 0.5) is 0 Å². The quantitative estimate of drug-likeness (QED) is 0.668. The van der Waals surface area contributed by atoms with Gasteiger partial charge in [0.1, 0.15) is 0 Å². The summed E-state index contributed by atoms with van der Waals surface area (Å²) in [7, 11) is 0. The maximum Gasteiger partial charge on any atom is 0.252 e. The Labute approximate surface area is 178 Å². The zero-order valence-corrected chi connectivity index (χ0v) is 18.4. The fourth-order valence-electron chi connectivity index (χ4n) is 4.43. The molecule has 4 rings (SSSR count). The summed E-state index contributed by atoms with van der Waals surface area (Å²) < 4.78 is 1.89. The highest BCUT2D eigenvalue weighted by atomic mass is 16.1. The van der Waals surface area contributed by atoms with Gasteiger partial charge >= 0.3 is 0 Å². The van der Waals surface area contributed by atoms with Gasteiger partial charge in [-0.3, -0.25) is 9.69 Å². The summed E-state index contributed by atoms with van der Waals surface area (Å²) in [6.45, 7) is 11.2. The predicted molar refractivity (Wildman–Crippen MR) is 121 cm³/mol. The number of hydrogen-bond donors (Lipinski definition) is 1. The van der Waals surface area contributed by atoms with E-state index in [4.69, 9.17) is 4.98 Å². The van der Waals surface area contributed by atoms with Crippen LogP contribution in [0.15, 0.2) is 36.5 Å². The fourth-order valence-corrected chi connectivity index (χ4v) is 4.43. The minimum absolute atomic E-state index is 0.0523. The first-order valence-electron chi connectivity index (χ1n) is 11.0. The Hall–Kier alpha value is -2.73. The lowest BCUT2D eigenvalue weighted by Crippen LogP contribution is -2.40. The molecule has 1 saturated heterocycles. The molecule has 1 aromatic carbocycles. The highest BCUT2D eigenvalue weighted by Crippen LogP contribution is 2.28. The summed E-state index contributed by atoms with van der Waals surface area (Å²) in [5.41, 5.74) is 4.39. The standard InChI is InChI=1S/C24H31N5O/c1-5-28-12-8-10-18(28)14-25-24(30)20-13-22(19-11-7-6-9-17(19)4)27-23-21(20)15-26-29(23)16(2)3/h6-7,9,11,13,15-16,18H,5,8,10,12,14H2,1-4H3,(H,25,30). The maximum absolute atomic E-state index is 13.3. The molecule has 1 atom stereocenters. The molecule has 1 N–H and O–H groups in total. The van der Waals surface area contributed by atoms with Gasteiger partial charge in [0.15, 0.2) is 5.65 Å². The number of likely N-dealkylation sites (N-methyl/N-ethyl adjacent to an activating group) is 1. The lowest BCUT2D eigenvalue weighted by molar-refractivity contribution is 0.0943. The second kappa shape index (κ2) is 8.56. The van der Waals surface area contributed by atoms with Crippen LogP contribution in [0.2, 0.25) is 0 Å². The van der Waals surface area contributed by atoms with Gasteiger partial charge in [-0.05, 0) is 58.3 Å². The van der Waals surface area contributed by atoms with Crippen LogP contribution in [-0.4, -0.2) is 51.2 Å².